The standard InChI is InChI=1S/C14H17ClN2O4/c1-21-14(6-3-7-14)8-16-13(20)17-10-5-2-4-9(15)11(10)12(18)19/h2,4-5H,3,6-8H2,1H3,(H,18,19)(H2,16,17,20). The Morgan fingerprint density at radius 1 is 1.43 bits per heavy atom. The Kier molecular flexibility index (Phi) is 4.69. The van der Waals surface area contributed by atoms with E-state index in [1.165, 1.54) is 12.1 Å². The van der Waals surface area contributed by atoms with E-state index in [1.54, 1.807) is 13.2 Å². The molecule has 7 heteroatoms. The van der Waals surface area contributed by atoms with Crippen LogP contribution in [0.15, 0.2) is 18.2 Å². The van der Waals surface area contributed by atoms with Gasteiger partial charge in [0.2, 0.25) is 0 Å². The van der Waals surface area contributed by atoms with Crippen LogP contribution in [-0.4, -0.2) is 36.4 Å². The first-order valence-electron chi connectivity index (χ1n) is 6.59. The highest BCUT2D eigenvalue weighted by molar-refractivity contribution is 6.34. The van der Waals surface area contributed by atoms with Crippen molar-refractivity contribution in [3.8, 4) is 0 Å². The van der Waals surface area contributed by atoms with Crippen LogP contribution in [-0.2, 0) is 4.74 Å². The van der Waals surface area contributed by atoms with E-state index in [0.717, 1.165) is 19.3 Å². The molecule has 6 nitrogen and oxygen atoms in total. The van der Waals surface area contributed by atoms with Gasteiger partial charge in [0, 0.05) is 13.7 Å². The van der Waals surface area contributed by atoms with Crippen molar-refractivity contribution in [3.63, 3.8) is 0 Å². The molecule has 1 saturated carbocycles. The Bertz CT molecular complexity index is 552. The average Bonchev–Trinajstić information content (AvgIpc) is 2.37. The summed E-state index contributed by atoms with van der Waals surface area (Å²) in [5.74, 6) is -1.19. The highest BCUT2D eigenvalue weighted by Crippen LogP contribution is 2.34. The minimum atomic E-state index is -1.19. The molecule has 0 spiro atoms. The molecule has 0 bridgehead atoms. The smallest absolute Gasteiger partial charge is 0.339 e. The van der Waals surface area contributed by atoms with Crippen LogP contribution in [0.25, 0.3) is 0 Å². The lowest BCUT2D eigenvalue weighted by molar-refractivity contribution is -0.0671. The van der Waals surface area contributed by atoms with Crippen LogP contribution in [0.3, 0.4) is 0 Å². The number of aromatic carboxylic acids is 1. The van der Waals surface area contributed by atoms with Gasteiger partial charge in [0.25, 0.3) is 0 Å². The summed E-state index contributed by atoms with van der Waals surface area (Å²) in [5.41, 5.74) is -0.256. The van der Waals surface area contributed by atoms with Gasteiger partial charge < -0.3 is 20.5 Å². The van der Waals surface area contributed by atoms with Crippen molar-refractivity contribution in [2.24, 2.45) is 0 Å². The first-order valence-corrected chi connectivity index (χ1v) is 6.97. The highest BCUT2D eigenvalue weighted by Gasteiger charge is 2.37. The van der Waals surface area contributed by atoms with Crippen LogP contribution in [0.4, 0.5) is 10.5 Å². The Morgan fingerprint density at radius 2 is 2.14 bits per heavy atom. The number of rotatable bonds is 5. The van der Waals surface area contributed by atoms with Crippen LogP contribution in [0.2, 0.25) is 5.02 Å². The zero-order chi connectivity index (χ0) is 15.5. The molecule has 1 aromatic carbocycles. The molecule has 1 aliphatic carbocycles. The SMILES string of the molecule is COC1(CNC(=O)Nc2cccc(Cl)c2C(=O)O)CCC1. The number of methoxy groups -OCH3 is 1. The quantitative estimate of drug-likeness (QED) is 0.780. The van der Waals surface area contributed by atoms with Crippen LogP contribution >= 0.6 is 11.6 Å². The van der Waals surface area contributed by atoms with Gasteiger partial charge in [-0.25, -0.2) is 9.59 Å². The third-order valence-corrected chi connectivity index (χ3v) is 4.06. The molecule has 1 aliphatic rings. The van der Waals surface area contributed by atoms with E-state index in [9.17, 15) is 9.59 Å². The number of hydrogen-bond donors (Lipinski definition) is 3. The van der Waals surface area contributed by atoms with Crippen molar-refractivity contribution < 1.29 is 19.4 Å². The van der Waals surface area contributed by atoms with Crippen molar-refractivity contribution in [2.45, 2.75) is 24.9 Å². The highest BCUT2D eigenvalue weighted by atomic mass is 35.5. The maximum atomic E-state index is 11.9. The number of nitrogens with one attached hydrogen (secondary N) is 2. The van der Waals surface area contributed by atoms with Crippen molar-refractivity contribution in [3.05, 3.63) is 28.8 Å². The Morgan fingerprint density at radius 3 is 2.67 bits per heavy atom. The molecule has 0 heterocycles. The maximum Gasteiger partial charge on any atom is 0.339 e. The second-order valence-corrected chi connectivity index (χ2v) is 5.42. The minimum Gasteiger partial charge on any atom is -0.478 e. The molecule has 2 rings (SSSR count). The second kappa shape index (κ2) is 6.32. The summed E-state index contributed by atoms with van der Waals surface area (Å²) < 4.78 is 5.40. The molecular weight excluding hydrogens is 296 g/mol. The fraction of sp³-hybridized carbons (Fsp3) is 0.429. The number of halogens is 1. The van der Waals surface area contributed by atoms with E-state index in [2.05, 4.69) is 10.6 Å². The van der Waals surface area contributed by atoms with Crippen LogP contribution < -0.4 is 10.6 Å². The van der Waals surface area contributed by atoms with Gasteiger partial charge in [-0.2, -0.15) is 0 Å². The van der Waals surface area contributed by atoms with Gasteiger partial charge in [0.1, 0.15) is 5.56 Å². The predicted molar refractivity (Wildman–Crippen MR) is 79.0 cm³/mol. The Balaban J connectivity index is 2.00. The number of ether oxygens (including phenoxy) is 1. The van der Waals surface area contributed by atoms with Crippen LogP contribution in [0.1, 0.15) is 29.6 Å². The normalized spacial score (nSPS) is 15.9. The lowest BCUT2D eigenvalue weighted by Gasteiger charge is -2.40. The zero-order valence-electron chi connectivity index (χ0n) is 11.6. The van der Waals surface area contributed by atoms with Gasteiger partial charge in [0.05, 0.1) is 16.3 Å². The summed E-state index contributed by atoms with van der Waals surface area (Å²) in [6.07, 6.45) is 2.89. The molecule has 21 heavy (non-hydrogen) atoms. The lowest BCUT2D eigenvalue weighted by Crippen LogP contribution is -2.50. The second-order valence-electron chi connectivity index (χ2n) is 5.02. The molecule has 0 aliphatic heterocycles. The number of carbonyl (C=O) groups is 2. The van der Waals surface area contributed by atoms with E-state index in [4.69, 9.17) is 21.4 Å². The number of benzene rings is 1. The number of amides is 2. The van der Waals surface area contributed by atoms with E-state index < -0.39 is 12.0 Å². The zero-order valence-corrected chi connectivity index (χ0v) is 12.4. The summed E-state index contributed by atoms with van der Waals surface area (Å²) in [5, 5.41) is 14.4. The largest absolute Gasteiger partial charge is 0.478 e. The molecule has 0 saturated heterocycles. The number of carboxylic acids is 1. The van der Waals surface area contributed by atoms with Gasteiger partial charge in [0.15, 0.2) is 0 Å². The predicted octanol–water partition coefficient (Wildman–Crippen LogP) is 2.73. The molecule has 1 fully saturated rings. The summed E-state index contributed by atoms with van der Waals surface area (Å²) in [6, 6.07) is 4.04. The fourth-order valence-corrected chi connectivity index (χ4v) is 2.53. The molecule has 0 unspecified atom stereocenters. The van der Waals surface area contributed by atoms with Gasteiger partial charge in [-0.15, -0.1) is 0 Å². The average molecular weight is 313 g/mol. The molecule has 114 valence electrons. The summed E-state index contributed by atoms with van der Waals surface area (Å²) in [7, 11) is 1.62. The van der Waals surface area contributed by atoms with Crippen molar-refractivity contribution in [1.29, 1.82) is 0 Å². The van der Waals surface area contributed by atoms with Gasteiger partial charge in [-0.05, 0) is 31.4 Å². The topological polar surface area (TPSA) is 87.7 Å². The summed E-state index contributed by atoms with van der Waals surface area (Å²) in [4.78, 5) is 23.1. The maximum absolute atomic E-state index is 11.9. The Labute approximate surface area is 127 Å². The fourth-order valence-electron chi connectivity index (χ4n) is 2.28. The number of urea groups is 1. The van der Waals surface area contributed by atoms with Crippen LogP contribution in [0, 0.1) is 0 Å². The molecule has 0 radical (unpaired) electrons. The minimum absolute atomic E-state index is 0.0765. The van der Waals surface area contributed by atoms with E-state index >= 15 is 0 Å². The first-order chi connectivity index (χ1) is 9.97. The van der Waals surface area contributed by atoms with Crippen LogP contribution in [0.5, 0.6) is 0 Å². The monoisotopic (exact) mass is 312 g/mol. The molecule has 2 amide bonds. The van der Waals surface area contributed by atoms with Gasteiger partial charge >= 0.3 is 12.0 Å². The Hall–Kier alpha value is -1.79. The first kappa shape index (κ1) is 15.6. The number of carbonyl (C=O) groups excluding carboxylic acids is 1. The number of carboxylic acid groups (broad SMARTS) is 1. The molecule has 0 aromatic heterocycles. The summed E-state index contributed by atoms with van der Waals surface area (Å²) in [6.45, 7) is 0.387. The van der Waals surface area contributed by atoms with E-state index in [1.807, 2.05) is 0 Å². The number of hydrogen-bond acceptors (Lipinski definition) is 3. The number of anilines is 1. The third kappa shape index (κ3) is 3.46. The van der Waals surface area contributed by atoms with E-state index in [0.29, 0.717) is 6.54 Å². The van der Waals surface area contributed by atoms with Gasteiger partial charge in [-0.1, -0.05) is 17.7 Å². The molecule has 0 atom stereocenters. The molecule has 3 N–H and O–H groups in total. The van der Waals surface area contributed by atoms with Crippen molar-refractivity contribution in [2.75, 3.05) is 19.0 Å². The molecular formula is C14H17ClN2O4. The van der Waals surface area contributed by atoms with Gasteiger partial charge in [-0.3, -0.25) is 0 Å². The third-order valence-electron chi connectivity index (χ3n) is 3.74. The summed E-state index contributed by atoms with van der Waals surface area (Å²) >= 11 is 5.84. The van der Waals surface area contributed by atoms with E-state index in [-0.39, 0.29) is 21.9 Å². The molecule has 1 aromatic rings. The van der Waals surface area contributed by atoms with Crippen molar-refractivity contribution >= 4 is 29.3 Å². The lowest BCUT2D eigenvalue weighted by atomic mass is 9.80. The van der Waals surface area contributed by atoms with Crippen molar-refractivity contribution in [1.82, 2.24) is 5.32 Å².